The molecule has 16 heavy (non-hydrogen) atoms. The van der Waals surface area contributed by atoms with Crippen LogP contribution in [0.2, 0.25) is 0 Å². The van der Waals surface area contributed by atoms with E-state index in [1.54, 1.807) is 0 Å². The monoisotopic (exact) mass is 331 g/mol. The Morgan fingerprint density at radius 1 is 1.19 bits per heavy atom. The Kier molecular flexibility index (Phi) is 5.06. The highest BCUT2D eigenvalue weighted by Gasteiger charge is 2.17. The fourth-order valence-electron chi connectivity index (χ4n) is 1.98. The summed E-state index contributed by atoms with van der Waals surface area (Å²) in [6.45, 7) is 3.18. The van der Waals surface area contributed by atoms with Gasteiger partial charge in [0.25, 0.3) is 0 Å². The van der Waals surface area contributed by atoms with Crippen LogP contribution in [0.15, 0.2) is 30.3 Å². The lowest BCUT2D eigenvalue weighted by atomic mass is 10.1. The van der Waals surface area contributed by atoms with Gasteiger partial charge in [-0.25, -0.2) is 3.11 Å². The van der Waals surface area contributed by atoms with Crippen LogP contribution in [0.1, 0.15) is 18.4 Å². The molecule has 0 saturated carbocycles. The SMILES string of the molecule is IN1CCC(OCCc2ccccc2)CC1. The molecule has 0 spiro atoms. The minimum absolute atomic E-state index is 0.481. The Bertz CT molecular complexity index is 296. The Morgan fingerprint density at radius 2 is 1.88 bits per heavy atom. The molecule has 1 saturated heterocycles. The van der Waals surface area contributed by atoms with Crippen molar-refractivity contribution >= 4 is 22.9 Å². The molecule has 1 heterocycles. The van der Waals surface area contributed by atoms with Crippen molar-refractivity contribution in [3.8, 4) is 0 Å². The topological polar surface area (TPSA) is 12.5 Å². The molecule has 1 aliphatic heterocycles. The van der Waals surface area contributed by atoms with Gasteiger partial charge in [-0.3, -0.25) is 0 Å². The number of nitrogens with zero attached hydrogens (tertiary/aromatic N) is 1. The molecule has 0 N–H and O–H groups in total. The highest BCUT2D eigenvalue weighted by atomic mass is 127. The minimum atomic E-state index is 0.481. The van der Waals surface area contributed by atoms with Crippen molar-refractivity contribution in [3.63, 3.8) is 0 Å². The average Bonchev–Trinajstić information content (AvgIpc) is 2.33. The van der Waals surface area contributed by atoms with Gasteiger partial charge in [-0.2, -0.15) is 0 Å². The third-order valence-corrected chi connectivity index (χ3v) is 3.94. The second-order valence-electron chi connectivity index (χ2n) is 4.22. The normalized spacial score (nSPS) is 18.8. The Labute approximate surface area is 111 Å². The smallest absolute Gasteiger partial charge is 0.0600 e. The van der Waals surface area contributed by atoms with Gasteiger partial charge in [-0.1, -0.05) is 30.3 Å². The highest BCUT2D eigenvalue weighted by Crippen LogP contribution is 2.16. The maximum absolute atomic E-state index is 5.91. The largest absolute Gasteiger partial charge is 0.378 e. The fraction of sp³-hybridized carbons (Fsp3) is 0.538. The van der Waals surface area contributed by atoms with E-state index in [9.17, 15) is 0 Å². The third-order valence-electron chi connectivity index (χ3n) is 2.97. The maximum atomic E-state index is 5.91. The van der Waals surface area contributed by atoms with Gasteiger partial charge in [0.15, 0.2) is 0 Å². The summed E-state index contributed by atoms with van der Waals surface area (Å²) in [5, 5.41) is 0. The highest BCUT2D eigenvalue weighted by molar-refractivity contribution is 14.1. The Balaban J connectivity index is 1.65. The van der Waals surface area contributed by atoms with Gasteiger partial charge < -0.3 is 4.74 Å². The molecule has 3 heteroatoms. The molecule has 0 aromatic heterocycles. The number of rotatable bonds is 4. The molecule has 1 aromatic carbocycles. The van der Waals surface area contributed by atoms with E-state index in [-0.39, 0.29) is 0 Å². The van der Waals surface area contributed by atoms with E-state index in [2.05, 4.69) is 56.3 Å². The number of hydrogen-bond donors (Lipinski definition) is 0. The van der Waals surface area contributed by atoms with Crippen molar-refractivity contribution in [2.45, 2.75) is 25.4 Å². The summed E-state index contributed by atoms with van der Waals surface area (Å²) in [6.07, 6.45) is 3.87. The van der Waals surface area contributed by atoms with E-state index < -0.39 is 0 Å². The van der Waals surface area contributed by atoms with Crippen molar-refractivity contribution in [1.29, 1.82) is 0 Å². The summed E-state index contributed by atoms with van der Waals surface area (Å²) in [7, 11) is 0. The predicted octanol–water partition coefficient (Wildman–Crippen LogP) is 3.06. The number of hydrogen-bond acceptors (Lipinski definition) is 2. The van der Waals surface area contributed by atoms with Crippen molar-refractivity contribution in [2.24, 2.45) is 0 Å². The molecule has 1 aromatic rings. The zero-order chi connectivity index (χ0) is 11.2. The Morgan fingerprint density at radius 3 is 2.56 bits per heavy atom. The molecule has 0 radical (unpaired) electrons. The lowest BCUT2D eigenvalue weighted by Crippen LogP contribution is -2.31. The van der Waals surface area contributed by atoms with E-state index >= 15 is 0 Å². The van der Waals surface area contributed by atoms with Crippen LogP contribution >= 0.6 is 22.9 Å². The first-order chi connectivity index (χ1) is 7.84. The first-order valence-electron chi connectivity index (χ1n) is 5.91. The molecule has 2 rings (SSSR count). The number of ether oxygens (including phenoxy) is 1. The van der Waals surface area contributed by atoms with Gasteiger partial charge in [0.1, 0.15) is 0 Å². The van der Waals surface area contributed by atoms with E-state index in [1.165, 1.54) is 18.4 Å². The third kappa shape index (κ3) is 4.03. The van der Waals surface area contributed by atoms with Gasteiger partial charge in [0, 0.05) is 36.0 Å². The van der Waals surface area contributed by atoms with E-state index in [0.29, 0.717) is 6.10 Å². The van der Waals surface area contributed by atoms with E-state index in [4.69, 9.17) is 4.74 Å². The molecule has 0 amide bonds. The van der Waals surface area contributed by atoms with Crippen molar-refractivity contribution in [3.05, 3.63) is 35.9 Å². The fourth-order valence-corrected chi connectivity index (χ4v) is 2.54. The van der Waals surface area contributed by atoms with Gasteiger partial charge in [0.05, 0.1) is 12.7 Å². The second kappa shape index (κ2) is 6.57. The lowest BCUT2D eigenvalue weighted by molar-refractivity contribution is 0.0265. The maximum Gasteiger partial charge on any atom is 0.0600 e. The van der Waals surface area contributed by atoms with Crippen LogP contribution in [0.4, 0.5) is 0 Å². The summed E-state index contributed by atoms with van der Waals surface area (Å²) in [5.74, 6) is 0. The van der Waals surface area contributed by atoms with Crippen molar-refractivity contribution < 1.29 is 4.74 Å². The summed E-state index contributed by atoms with van der Waals surface area (Å²) < 4.78 is 8.25. The molecular weight excluding hydrogens is 313 g/mol. The Hall–Kier alpha value is -0.130. The van der Waals surface area contributed by atoms with Gasteiger partial charge in [-0.15, -0.1) is 0 Å². The van der Waals surface area contributed by atoms with Gasteiger partial charge >= 0.3 is 0 Å². The molecule has 2 nitrogen and oxygen atoms in total. The number of benzene rings is 1. The molecular formula is C13H18INO. The van der Waals surface area contributed by atoms with Crippen LogP contribution in [-0.2, 0) is 11.2 Å². The van der Waals surface area contributed by atoms with Crippen LogP contribution < -0.4 is 0 Å². The quantitative estimate of drug-likeness (QED) is 0.621. The van der Waals surface area contributed by atoms with Crippen LogP contribution in [-0.4, -0.2) is 28.9 Å². The summed E-state index contributed by atoms with van der Waals surface area (Å²) >= 11 is 2.39. The molecule has 0 bridgehead atoms. The van der Waals surface area contributed by atoms with Crippen molar-refractivity contribution in [2.75, 3.05) is 19.7 Å². The zero-order valence-corrected chi connectivity index (χ0v) is 11.6. The molecule has 1 aliphatic rings. The minimum Gasteiger partial charge on any atom is -0.378 e. The van der Waals surface area contributed by atoms with Gasteiger partial charge in [0.2, 0.25) is 0 Å². The first-order valence-corrected chi connectivity index (χ1v) is 6.87. The van der Waals surface area contributed by atoms with Crippen LogP contribution in [0.25, 0.3) is 0 Å². The van der Waals surface area contributed by atoms with Crippen LogP contribution in [0.5, 0.6) is 0 Å². The first kappa shape index (κ1) is 12.3. The second-order valence-corrected chi connectivity index (χ2v) is 5.58. The number of halogens is 1. The molecule has 88 valence electrons. The molecule has 0 atom stereocenters. The molecule has 0 aliphatic carbocycles. The summed E-state index contributed by atoms with van der Waals surface area (Å²) in [6, 6.07) is 10.6. The van der Waals surface area contributed by atoms with E-state index in [0.717, 1.165) is 26.1 Å². The van der Waals surface area contributed by atoms with Crippen molar-refractivity contribution in [1.82, 2.24) is 3.11 Å². The number of piperidine rings is 1. The summed E-state index contributed by atoms with van der Waals surface area (Å²) in [4.78, 5) is 0. The average molecular weight is 331 g/mol. The van der Waals surface area contributed by atoms with Crippen LogP contribution in [0.3, 0.4) is 0 Å². The predicted molar refractivity (Wildman–Crippen MR) is 74.7 cm³/mol. The lowest BCUT2D eigenvalue weighted by Gasteiger charge is -2.27. The molecule has 0 unspecified atom stereocenters. The molecule has 1 fully saturated rings. The van der Waals surface area contributed by atoms with Crippen LogP contribution in [0, 0.1) is 0 Å². The summed E-state index contributed by atoms with van der Waals surface area (Å²) in [5.41, 5.74) is 1.37. The van der Waals surface area contributed by atoms with E-state index in [1.807, 2.05) is 0 Å². The zero-order valence-electron chi connectivity index (χ0n) is 9.44. The standard InChI is InChI=1S/C13H18INO/c14-15-9-6-13(7-10-15)16-11-8-12-4-2-1-3-5-12/h1-5,13H,6-11H2. The van der Waals surface area contributed by atoms with Gasteiger partial charge in [-0.05, 0) is 24.8 Å².